The number of thioether (sulfide) groups is 1. The van der Waals surface area contributed by atoms with Crippen molar-refractivity contribution in [3.05, 3.63) is 69.0 Å². The van der Waals surface area contributed by atoms with Crippen LogP contribution in [0.4, 0.5) is 0 Å². The van der Waals surface area contributed by atoms with Gasteiger partial charge in [-0.3, -0.25) is 19.0 Å². The van der Waals surface area contributed by atoms with E-state index < -0.39 is 0 Å². The number of Topliss-reactive ketones (excluding diaryl/α,β-unsaturated/α-hetero) is 1. The second-order valence-corrected chi connectivity index (χ2v) is 11.1. The molecule has 1 amide bonds. The lowest BCUT2D eigenvalue weighted by Crippen LogP contribution is -2.32. The van der Waals surface area contributed by atoms with E-state index in [1.165, 1.54) is 11.8 Å². The summed E-state index contributed by atoms with van der Waals surface area (Å²) < 4.78 is 7.44. The van der Waals surface area contributed by atoms with E-state index in [0.717, 1.165) is 49.7 Å². The highest BCUT2D eigenvalue weighted by molar-refractivity contribution is 7.99. The fourth-order valence-electron chi connectivity index (χ4n) is 5.19. The molecule has 0 unspecified atom stereocenters. The van der Waals surface area contributed by atoms with Crippen molar-refractivity contribution >= 4 is 34.4 Å². The number of benzene rings is 2. The number of aromatic nitrogens is 2. The molecule has 1 atom stereocenters. The van der Waals surface area contributed by atoms with Crippen molar-refractivity contribution in [2.24, 2.45) is 0 Å². The van der Waals surface area contributed by atoms with E-state index in [9.17, 15) is 14.4 Å². The molecule has 0 radical (unpaired) electrons. The topological polar surface area (TPSA) is 90.3 Å². The monoisotopic (exact) mass is 519 g/mol. The van der Waals surface area contributed by atoms with Crippen LogP contribution in [-0.2, 0) is 11.3 Å². The Morgan fingerprint density at radius 2 is 1.89 bits per heavy atom. The Bertz CT molecular complexity index is 1390. The number of hydrogen-bond acceptors (Lipinski definition) is 6. The van der Waals surface area contributed by atoms with Crippen molar-refractivity contribution in [1.29, 1.82) is 0 Å². The molecule has 2 aromatic carbocycles. The number of nitrogens with one attached hydrogen (secondary N) is 1. The summed E-state index contributed by atoms with van der Waals surface area (Å²) in [6.45, 7) is 4.98. The van der Waals surface area contributed by atoms with E-state index in [0.29, 0.717) is 40.3 Å². The average Bonchev–Trinajstić information content (AvgIpc) is 3.60. The number of aryl methyl sites for hydroxylation is 2. The fraction of sp³-hybridized carbons (Fsp3) is 0.448. The Morgan fingerprint density at radius 1 is 1.08 bits per heavy atom. The van der Waals surface area contributed by atoms with Crippen LogP contribution in [-0.4, -0.2) is 45.7 Å². The summed E-state index contributed by atoms with van der Waals surface area (Å²) in [6.07, 6.45) is 6.07. The zero-order chi connectivity index (χ0) is 25.9. The van der Waals surface area contributed by atoms with Crippen LogP contribution in [0.1, 0.15) is 70.4 Å². The van der Waals surface area contributed by atoms with Crippen LogP contribution in [0.25, 0.3) is 10.9 Å². The van der Waals surface area contributed by atoms with Gasteiger partial charge in [-0.2, -0.15) is 0 Å². The Kier molecular flexibility index (Phi) is 7.76. The molecule has 8 heteroatoms. The summed E-state index contributed by atoms with van der Waals surface area (Å²) in [5.74, 6) is 0.0163. The smallest absolute Gasteiger partial charge is 0.262 e. The lowest BCUT2D eigenvalue weighted by atomic mass is 10.0. The van der Waals surface area contributed by atoms with E-state index in [1.807, 2.05) is 32.0 Å². The lowest BCUT2D eigenvalue weighted by Gasteiger charge is -2.17. The maximum absolute atomic E-state index is 13.6. The third-order valence-electron chi connectivity index (χ3n) is 7.31. The van der Waals surface area contributed by atoms with Gasteiger partial charge in [-0.05, 0) is 69.4 Å². The minimum Gasteiger partial charge on any atom is -0.376 e. The molecule has 7 nitrogen and oxygen atoms in total. The molecular weight excluding hydrogens is 486 g/mol. The second kappa shape index (κ2) is 11.2. The molecule has 1 aliphatic carbocycles. The summed E-state index contributed by atoms with van der Waals surface area (Å²) in [5.41, 5.74) is 3.43. The van der Waals surface area contributed by atoms with E-state index in [-0.39, 0.29) is 35.1 Å². The van der Waals surface area contributed by atoms with Gasteiger partial charge in [0.05, 0.1) is 29.3 Å². The van der Waals surface area contributed by atoms with Gasteiger partial charge in [0.1, 0.15) is 0 Å². The number of nitrogens with zero attached hydrogens (tertiary/aromatic N) is 2. The van der Waals surface area contributed by atoms with Gasteiger partial charge in [-0.15, -0.1) is 0 Å². The zero-order valence-corrected chi connectivity index (χ0v) is 22.2. The van der Waals surface area contributed by atoms with Crippen LogP contribution in [0, 0.1) is 13.8 Å². The maximum atomic E-state index is 13.6. The number of ketones is 1. The predicted octanol–water partition coefficient (Wildman–Crippen LogP) is 4.84. The second-order valence-electron chi connectivity index (χ2n) is 10.2. The van der Waals surface area contributed by atoms with Crippen molar-refractivity contribution in [3.63, 3.8) is 0 Å². The summed E-state index contributed by atoms with van der Waals surface area (Å²) in [5, 5.41) is 4.03. The molecule has 0 bridgehead atoms. The van der Waals surface area contributed by atoms with Gasteiger partial charge in [0, 0.05) is 23.8 Å². The number of hydrogen-bond donors (Lipinski definition) is 1. The van der Waals surface area contributed by atoms with Gasteiger partial charge in [0.15, 0.2) is 10.9 Å². The summed E-state index contributed by atoms with van der Waals surface area (Å²) in [7, 11) is 0. The molecule has 37 heavy (non-hydrogen) atoms. The van der Waals surface area contributed by atoms with Crippen LogP contribution < -0.4 is 10.9 Å². The van der Waals surface area contributed by atoms with E-state index >= 15 is 0 Å². The SMILES string of the molecule is Cc1ccc(C)c(C(=O)CSc2nc3cc(C(=O)NC4CCCC4)ccc3c(=O)n2C[C@@H]2CCCO2)c1. The highest BCUT2D eigenvalue weighted by Gasteiger charge is 2.23. The number of carbonyl (C=O) groups is 2. The molecule has 194 valence electrons. The number of carbonyl (C=O) groups excluding carboxylic acids is 2. The molecule has 3 aromatic rings. The van der Waals surface area contributed by atoms with E-state index in [4.69, 9.17) is 9.72 Å². The van der Waals surface area contributed by atoms with Crippen LogP contribution in [0.3, 0.4) is 0 Å². The van der Waals surface area contributed by atoms with Gasteiger partial charge in [0.25, 0.3) is 11.5 Å². The molecule has 5 rings (SSSR count). The highest BCUT2D eigenvalue weighted by Crippen LogP contribution is 2.24. The van der Waals surface area contributed by atoms with E-state index in [1.54, 1.807) is 22.8 Å². The first-order valence-corrected chi connectivity index (χ1v) is 14.1. The molecule has 2 heterocycles. The Labute approximate surface area is 221 Å². The molecule has 1 saturated carbocycles. The van der Waals surface area contributed by atoms with Crippen molar-refractivity contribution in [1.82, 2.24) is 14.9 Å². The molecular formula is C29H33N3O4S. The lowest BCUT2D eigenvalue weighted by molar-refractivity contribution is 0.0935. The summed E-state index contributed by atoms with van der Waals surface area (Å²) in [6, 6.07) is 11.1. The Hall–Kier alpha value is -2.97. The van der Waals surface area contributed by atoms with Gasteiger partial charge < -0.3 is 10.1 Å². The molecule has 2 fully saturated rings. The number of rotatable bonds is 8. The summed E-state index contributed by atoms with van der Waals surface area (Å²) in [4.78, 5) is 44.3. The maximum Gasteiger partial charge on any atom is 0.262 e. The normalized spacial score (nSPS) is 17.9. The highest BCUT2D eigenvalue weighted by atomic mass is 32.2. The minimum atomic E-state index is -0.176. The van der Waals surface area contributed by atoms with Crippen LogP contribution >= 0.6 is 11.8 Å². The van der Waals surface area contributed by atoms with Crippen LogP contribution in [0.15, 0.2) is 46.3 Å². The first-order valence-electron chi connectivity index (χ1n) is 13.1. The van der Waals surface area contributed by atoms with Crippen molar-refractivity contribution < 1.29 is 14.3 Å². The largest absolute Gasteiger partial charge is 0.376 e. The number of fused-ring (bicyclic) bond motifs is 1. The van der Waals surface area contributed by atoms with Crippen LogP contribution in [0.5, 0.6) is 0 Å². The fourth-order valence-corrected chi connectivity index (χ4v) is 6.08. The van der Waals surface area contributed by atoms with Gasteiger partial charge in [0.2, 0.25) is 0 Å². The Balaban J connectivity index is 1.46. The molecule has 1 saturated heterocycles. The first-order chi connectivity index (χ1) is 17.9. The third-order valence-corrected chi connectivity index (χ3v) is 8.29. The zero-order valence-electron chi connectivity index (χ0n) is 21.4. The molecule has 1 aromatic heterocycles. The van der Waals surface area contributed by atoms with Crippen molar-refractivity contribution in [3.8, 4) is 0 Å². The third kappa shape index (κ3) is 5.80. The number of amides is 1. The average molecular weight is 520 g/mol. The molecule has 2 aliphatic rings. The van der Waals surface area contributed by atoms with Gasteiger partial charge in [-0.1, -0.05) is 42.3 Å². The summed E-state index contributed by atoms with van der Waals surface area (Å²) >= 11 is 1.26. The molecule has 1 N–H and O–H groups in total. The Morgan fingerprint density at radius 3 is 2.65 bits per heavy atom. The minimum absolute atomic E-state index is 0.00564. The standard InChI is InChI=1S/C29H33N3O4S/c1-18-9-10-19(2)24(14-18)26(33)17-37-29-31-25-15-20(27(34)30-21-6-3-4-7-21)11-12-23(25)28(35)32(29)16-22-8-5-13-36-22/h9-12,14-15,21-22H,3-8,13,16-17H2,1-2H3,(H,30,34)/t22-/m0/s1. The van der Waals surface area contributed by atoms with E-state index in [2.05, 4.69) is 5.32 Å². The van der Waals surface area contributed by atoms with Crippen LogP contribution in [0.2, 0.25) is 0 Å². The van der Waals surface area contributed by atoms with Gasteiger partial charge in [-0.25, -0.2) is 4.98 Å². The quantitative estimate of drug-likeness (QED) is 0.260. The molecule has 0 spiro atoms. The predicted molar refractivity (Wildman–Crippen MR) is 146 cm³/mol. The van der Waals surface area contributed by atoms with Crippen molar-refractivity contribution in [2.45, 2.75) is 76.2 Å². The number of ether oxygens (including phenoxy) is 1. The first kappa shape index (κ1) is 25.7. The van der Waals surface area contributed by atoms with Gasteiger partial charge >= 0.3 is 0 Å². The molecule has 1 aliphatic heterocycles. The van der Waals surface area contributed by atoms with Crippen molar-refractivity contribution in [2.75, 3.05) is 12.4 Å².